The maximum absolute atomic E-state index is 11.1. The molecule has 0 amide bonds. The molecule has 2 aromatic heterocycles. The minimum atomic E-state index is 0.502. The quantitative estimate of drug-likeness (QED) is 0.688. The molecule has 0 radical (unpaired) electrons. The van der Waals surface area contributed by atoms with Gasteiger partial charge in [-0.2, -0.15) is 5.10 Å². The summed E-state index contributed by atoms with van der Waals surface area (Å²) in [5, 5.41) is 5.07. The average Bonchev–Trinajstić information content (AvgIpc) is 3.06. The van der Waals surface area contributed by atoms with Crippen molar-refractivity contribution in [2.75, 3.05) is 0 Å². The van der Waals surface area contributed by atoms with E-state index in [9.17, 15) is 4.79 Å². The molecular weight excluding hydrogens is 276 g/mol. The molecule has 0 spiro atoms. The second-order valence-corrected chi connectivity index (χ2v) is 4.79. The summed E-state index contributed by atoms with van der Waals surface area (Å²) in [5.41, 5.74) is 2.07. The summed E-state index contributed by atoms with van der Waals surface area (Å²) in [4.78, 5) is 11.1. The summed E-state index contributed by atoms with van der Waals surface area (Å²) in [6.07, 6.45) is 4.03. The Labute approximate surface area is 120 Å². The number of carbonyl (C=O) groups excluding carboxylic acids is 1. The lowest BCUT2D eigenvalue weighted by Gasteiger charge is -2.02. The molecule has 0 saturated heterocycles. The van der Waals surface area contributed by atoms with Crippen LogP contribution in [0.3, 0.4) is 0 Å². The van der Waals surface area contributed by atoms with Crippen LogP contribution in [0.2, 0.25) is 5.02 Å². The van der Waals surface area contributed by atoms with Crippen molar-refractivity contribution in [3.05, 3.63) is 65.0 Å². The van der Waals surface area contributed by atoms with Crippen molar-refractivity contribution in [1.82, 2.24) is 9.78 Å². The van der Waals surface area contributed by atoms with E-state index in [-0.39, 0.29) is 0 Å². The molecule has 0 aliphatic carbocycles. The maximum atomic E-state index is 11.1. The number of nitrogens with zero attached hydrogens (tertiary/aromatic N) is 2. The Bertz CT molecular complexity index is 732. The smallest absolute Gasteiger partial charge is 0.154 e. The SMILES string of the molecule is O=Cc1cn(Cc2cccc(Cl)c2)nc1-c1ccco1. The topological polar surface area (TPSA) is 48.0 Å². The van der Waals surface area contributed by atoms with Crippen molar-refractivity contribution in [2.24, 2.45) is 0 Å². The van der Waals surface area contributed by atoms with E-state index in [1.165, 1.54) is 0 Å². The first-order chi connectivity index (χ1) is 9.76. The fourth-order valence-electron chi connectivity index (χ4n) is 2.03. The Hall–Kier alpha value is -2.33. The van der Waals surface area contributed by atoms with Crippen molar-refractivity contribution in [3.63, 3.8) is 0 Å². The van der Waals surface area contributed by atoms with E-state index in [2.05, 4.69) is 5.10 Å². The van der Waals surface area contributed by atoms with E-state index < -0.39 is 0 Å². The lowest BCUT2D eigenvalue weighted by molar-refractivity contribution is 0.112. The number of carbonyl (C=O) groups is 1. The number of rotatable bonds is 4. The van der Waals surface area contributed by atoms with Gasteiger partial charge in [0.15, 0.2) is 12.0 Å². The summed E-state index contributed by atoms with van der Waals surface area (Å²) < 4.78 is 6.99. The van der Waals surface area contributed by atoms with Crippen molar-refractivity contribution < 1.29 is 9.21 Å². The van der Waals surface area contributed by atoms with Crippen molar-refractivity contribution in [2.45, 2.75) is 6.54 Å². The predicted molar refractivity (Wildman–Crippen MR) is 75.9 cm³/mol. The van der Waals surface area contributed by atoms with Crippen LogP contribution in [0.5, 0.6) is 0 Å². The van der Waals surface area contributed by atoms with Crippen LogP contribution in [-0.2, 0) is 6.54 Å². The summed E-state index contributed by atoms with van der Waals surface area (Å²) in [5.74, 6) is 0.581. The number of hydrogen-bond donors (Lipinski definition) is 0. The molecular formula is C15H11ClN2O2. The van der Waals surface area contributed by atoms with Crippen LogP contribution in [0, 0.1) is 0 Å². The summed E-state index contributed by atoms with van der Waals surface area (Å²) in [7, 11) is 0. The highest BCUT2D eigenvalue weighted by atomic mass is 35.5. The first-order valence-electron chi connectivity index (χ1n) is 6.07. The van der Waals surface area contributed by atoms with Gasteiger partial charge >= 0.3 is 0 Å². The molecule has 3 rings (SSSR count). The standard InChI is InChI=1S/C15H11ClN2O2/c16-13-4-1-3-11(7-13)8-18-9-12(10-19)15(17-18)14-5-2-6-20-14/h1-7,9-10H,8H2. The van der Waals surface area contributed by atoms with Crippen molar-refractivity contribution in [1.29, 1.82) is 0 Å². The summed E-state index contributed by atoms with van der Waals surface area (Å²) >= 11 is 5.96. The van der Waals surface area contributed by atoms with E-state index in [4.69, 9.17) is 16.0 Å². The Balaban J connectivity index is 1.93. The zero-order valence-corrected chi connectivity index (χ0v) is 11.2. The minimum absolute atomic E-state index is 0.502. The van der Waals surface area contributed by atoms with E-state index in [1.807, 2.05) is 24.3 Å². The molecule has 2 heterocycles. The molecule has 3 aromatic rings. The highest BCUT2D eigenvalue weighted by Gasteiger charge is 2.13. The number of hydrogen-bond acceptors (Lipinski definition) is 3. The Morgan fingerprint density at radius 1 is 1.30 bits per heavy atom. The van der Waals surface area contributed by atoms with Crippen LogP contribution in [0.1, 0.15) is 15.9 Å². The highest BCUT2D eigenvalue weighted by molar-refractivity contribution is 6.30. The van der Waals surface area contributed by atoms with Gasteiger partial charge in [0.25, 0.3) is 0 Å². The number of furan rings is 1. The molecule has 0 N–H and O–H groups in total. The molecule has 0 fully saturated rings. The second-order valence-electron chi connectivity index (χ2n) is 4.36. The number of aldehydes is 1. The van der Waals surface area contributed by atoms with Gasteiger partial charge in [-0.25, -0.2) is 0 Å². The van der Waals surface area contributed by atoms with E-state index >= 15 is 0 Å². The fourth-order valence-corrected chi connectivity index (χ4v) is 2.24. The number of halogens is 1. The summed E-state index contributed by atoms with van der Waals surface area (Å²) in [6, 6.07) is 11.1. The first kappa shape index (κ1) is 12.7. The van der Waals surface area contributed by atoms with E-state index in [0.717, 1.165) is 11.8 Å². The molecule has 4 nitrogen and oxygen atoms in total. The van der Waals surface area contributed by atoms with Crippen LogP contribution in [0.4, 0.5) is 0 Å². The lowest BCUT2D eigenvalue weighted by Crippen LogP contribution is -2.00. The molecule has 0 aliphatic rings. The molecule has 0 unspecified atom stereocenters. The highest BCUT2D eigenvalue weighted by Crippen LogP contribution is 2.22. The Morgan fingerprint density at radius 2 is 2.20 bits per heavy atom. The summed E-state index contributed by atoms with van der Waals surface area (Å²) in [6.45, 7) is 0.544. The van der Waals surface area contributed by atoms with Gasteiger partial charge in [-0.15, -0.1) is 0 Å². The molecule has 0 atom stereocenters. The van der Waals surface area contributed by atoms with E-state index in [1.54, 1.807) is 29.3 Å². The number of benzene rings is 1. The molecule has 0 bridgehead atoms. The van der Waals surface area contributed by atoms with Gasteiger partial charge in [-0.1, -0.05) is 23.7 Å². The second kappa shape index (κ2) is 5.35. The molecule has 5 heteroatoms. The van der Waals surface area contributed by atoms with Gasteiger partial charge in [0.2, 0.25) is 0 Å². The lowest BCUT2D eigenvalue weighted by atomic mass is 10.2. The third-order valence-corrected chi connectivity index (χ3v) is 3.14. The third kappa shape index (κ3) is 2.51. The zero-order chi connectivity index (χ0) is 13.9. The van der Waals surface area contributed by atoms with Crippen molar-refractivity contribution in [3.8, 4) is 11.5 Å². The normalized spacial score (nSPS) is 10.7. The molecule has 0 saturated carbocycles. The van der Waals surface area contributed by atoms with Gasteiger partial charge in [0.1, 0.15) is 5.69 Å². The first-order valence-corrected chi connectivity index (χ1v) is 6.45. The molecule has 100 valence electrons. The van der Waals surface area contributed by atoms with E-state index in [0.29, 0.717) is 28.6 Å². The van der Waals surface area contributed by atoms with Crippen LogP contribution < -0.4 is 0 Å². The average molecular weight is 287 g/mol. The largest absolute Gasteiger partial charge is 0.463 e. The zero-order valence-electron chi connectivity index (χ0n) is 10.5. The Morgan fingerprint density at radius 3 is 2.90 bits per heavy atom. The van der Waals surface area contributed by atoms with Gasteiger partial charge in [-0.05, 0) is 29.8 Å². The van der Waals surface area contributed by atoms with Crippen LogP contribution in [-0.4, -0.2) is 16.1 Å². The van der Waals surface area contributed by atoms with Gasteiger partial charge < -0.3 is 4.42 Å². The molecule has 1 aromatic carbocycles. The maximum Gasteiger partial charge on any atom is 0.154 e. The molecule has 20 heavy (non-hydrogen) atoms. The van der Waals surface area contributed by atoms with Gasteiger partial charge in [0, 0.05) is 11.2 Å². The number of aromatic nitrogens is 2. The van der Waals surface area contributed by atoms with Crippen molar-refractivity contribution >= 4 is 17.9 Å². The fraction of sp³-hybridized carbons (Fsp3) is 0.0667. The monoisotopic (exact) mass is 286 g/mol. The van der Waals surface area contributed by atoms with Crippen LogP contribution >= 0.6 is 11.6 Å². The van der Waals surface area contributed by atoms with Crippen LogP contribution in [0.25, 0.3) is 11.5 Å². The van der Waals surface area contributed by atoms with Crippen LogP contribution in [0.15, 0.2) is 53.3 Å². The third-order valence-electron chi connectivity index (χ3n) is 2.91. The van der Waals surface area contributed by atoms with Gasteiger partial charge in [0.05, 0.1) is 18.4 Å². The minimum Gasteiger partial charge on any atom is -0.463 e. The predicted octanol–water partition coefficient (Wildman–Crippen LogP) is 3.66. The Kier molecular flexibility index (Phi) is 3.39. The van der Waals surface area contributed by atoms with Gasteiger partial charge in [-0.3, -0.25) is 9.48 Å². The molecule has 0 aliphatic heterocycles.